The number of anilines is 2. The van der Waals surface area contributed by atoms with Crippen LogP contribution in [0, 0.1) is 11.8 Å². The third kappa shape index (κ3) is 2.08. The summed E-state index contributed by atoms with van der Waals surface area (Å²) in [6, 6.07) is 0. The van der Waals surface area contributed by atoms with E-state index in [-0.39, 0.29) is 17.9 Å². The molecule has 8 heteroatoms. The Kier molecular flexibility index (Phi) is 3.40. The molecule has 2 bridgehead atoms. The van der Waals surface area contributed by atoms with Crippen molar-refractivity contribution in [1.29, 1.82) is 0 Å². The highest BCUT2D eigenvalue weighted by Gasteiger charge is 2.66. The highest BCUT2D eigenvalue weighted by molar-refractivity contribution is 6.00. The minimum Gasteiger partial charge on any atom is -0.368 e. The molecule has 0 aliphatic carbocycles. The predicted octanol–water partition coefficient (Wildman–Crippen LogP) is 0.829. The smallest absolute Gasteiger partial charge is 0.231 e. The molecule has 2 saturated heterocycles. The van der Waals surface area contributed by atoms with Crippen LogP contribution in [0.2, 0.25) is 0 Å². The molecule has 26 heavy (non-hydrogen) atoms. The first-order valence-electron chi connectivity index (χ1n) is 9.39. The molecule has 2 N–H and O–H groups in total. The third-order valence-electron chi connectivity index (χ3n) is 5.91. The number of carbonyl (C=O) groups is 2. The van der Waals surface area contributed by atoms with Gasteiger partial charge in [-0.3, -0.25) is 9.59 Å². The molecule has 0 unspecified atom stereocenters. The molecule has 2 fully saturated rings. The number of nitrogens with zero attached hydrogens (tertiary/aromatic N) is 3. The zero-order valence-electron chi connectivity index (χ0n) is 14.8. The van der Waals surface area contributed by atoms with Crippen molar-refractivity contribution in [2.45, 2.75) is 38.0 Å². The summed E-state index contributed by atoms with van der Waals surface area (Å²) in [5.74, 6) is -0.212. The Morgan fingerprint density at radius 1 is 1.54 bits per heavy atom. The maximum atomic E-state index is 13.1. The van der Waals surface area contributed by atoms with Crippen molar-refractivity contribution in [2.24, 2.45) is 11.8 Å². The first-order chi connectivity index (χ1) is 12.6. The number of likely N-dealkylation sites (tertiary alicyclic amines) is 1. The van der Waals surface area contributed by atoms with Crippen LogP contribution in [0.15, 0.2) is 18.3 Å². The van der Waals surface area contributed by atoms with E-state index in [9.17, 15) is 9.59 Å². The third-order valence-corrected chi connectivity index (χ3v) is 5.91. The summed E-state index contributed by atoms with van der Waals surface area (Å²) in [7, 11) is 0. The number of nitrogens with one attached hydrogen (secondary N) is 2. The SMILES string of the molecule is CCCN1C[C@]23C=C[C@H](O2)[C@H](C(=O)Nc2cnn4c2NCCC4)[C@@H]3C1=O. The van der Waals surface area contributed by atoms with Crippen LogP contribution in [0.1, 0.15) is 19.8 Å². The minimum absolute atomic E-state index is 0.0361. The van der Waals surface area contributed by atoms with E-state index in [4.69, 9.17) is 4.74 Å². The van der Waals surface area contributed by atoms with Gasteiger partial charge in [0.15, 0.2) is 0 Å². The predicted molar refractivity (Wildman–Crippen MR) is 94.6 cm³/mol. The Bertz CT molecular complexity index is 803. The summed E-state index contributed by atoms with van der Waals surface area (Å²) >= 11 is 0. The van der Waals surface area contributed by atoms with Gasteiger partial charge in [-0.25, -0.2) is 4.68 Å². The molecule has 8 nitrogen and oxygen atoms in total. The summed E-state index contributed by atoms with van der Waals surface area (Å²) < 4.78 is 7.99. The van der Waals surface area contributed by atoms with Gasteiger partial charge in [0.2, 0.25) is 11.8 Å². The molecule has 4 atom stereocenters. The van der Waals surface area contributed by atoms with Crippen molar-refractivity contribution in [2.75, 3.05) is 30.3 Å². The van der Waals surface area contributed by atoms with Gasteiger partial charge in [0.1, 0.15) is 17.1 Å². The van der Waals surface area contributed by atoms with E-state index in [1.807, 2.05) is 28.7 Å². The lowest BCUT2D eigenvalue weighted by Gasteiger charge is -2.24. The van der Waals surface area contributed by atoms with E-state index in [0.29, 0.717) is 18.8 Å². The van der Waals surface area contributed by atoms with E-state index in [0.717, 1.165) is 31.7 Å². The van der Waals surface area contributed by atoms with Crippen LogP contribution in [0.5, 0.6) is 0 Å². The first kappa shape index (κ1) is 15.9. The van der Waals surface area contributed by atoms with Crippen LogP contribution < -0.4 is 10.6 Å². The second-order valence-electron chi connectivity index (χ2n) is 7.56. The molecule has 5 rings (SSSR count). The zero-order valence-corrected chi connectivity index (χ0v) is 14.8. The van der Waals surface area contributed by atoms with Gasteiger partial charge >= 0.3 is 0 Å². The number of fused-ring (bicyclic) bond motifs is 2. The zero-order chi connectivity index (χ0) is 17.9. The molecular formula is C18H23N5O3. The highest BCUT2D eigenvalue weighted by atomic mass is 16.5. The molecule has 4 aliphatic rings. The van der Waals surface area contributed by atoms with E-state index in [1.165, 1.54) is 0 Å². The fourth-order valence-electron chi connectivity index (χ4n) is 4.82. The maximum absolute atomic E-state index is 13.1. The van der Waals surface area contributed by atoms with Crippen molar-refractivity contribution < 1.29 is 14.3 Å². The lowest BCUT2D eigenvalue weighted by Crippen LogP contribution is -2.41. The summed E-state index contributed by atoms with van der Waals surface area (Å²) in [4.78, 5) is 27.8. The number of ether oxygens (including phenoxy) is 1. The fraction of sp³-hybridized carbons (Fsp3) is 0.611. The Morgan fingerprint density at radius 3 is 3.27 bits per heavy atom. The second kappa shape index (κ2) is 5.57. The summed E-state index contributed by atoms with van der Waals surface area (Å²) in [5, 5.41) is 10.6. The summed E-state index contributed by atoms with van der Waals surface area (Å²) in [6.07, 6.45) is 7.18. The van der Waals surface area contributed by atoms with Gasteiger partial charge in [0, 0.05) is 19.6 Å². The van der Waals surface area contributed by atoms with Crippen molar-refractivity contribution in [1.82, 2.24) is 14.7 Å². The molecule has 138 valence electrons. The molecule has 0 saturated carbocycles. The molecule has 5 heterocycles. The van der Waals surface area contributed by atoms with E-state index in [1.54, 1.807) is 6.20 Å². The lowest BCUT2D eigenvalue weighted by atomic mass is 9.77. The minimum atomic E-state index is -0.629. The van der Waals surface area contributed by atoms with Crippen molar-refractivity contribution in [3.05, 3.63) is 18.3 Å². The number of carbonyl (C=O) groups excluding carboxylic acids is 2. The molecule has 0 radical (unpaired) electrons. The Labute approximate surface area is 151 Å². The van der Waals surface area contributed by atoms with Crippen molar-refractivity contribution in [3.8, 4) is 0 Å². The van der Waals surface area contributed by atoms with Gasteiger partial charge in [-0.05, 0) is 12.8 Å². The quantitative estimate of drug-likeness (QED) is 0.779. The number of hydrogen-bond acceptors (Lipinski definition) is 5. The number of hydrogen-bond donors (Lipinski definition) is 2. The van der Waals surface area contributed by atoms with E-state index in [2.05, 4.69) is 15.7 Å². The Hall–Kier alpha value is -2.35. The Morgan fingerprint density at radius 2 is 2.42 bits per heavy atom. The van der Waals surface area contributed by atoms with Crippen LogP contribution in [-0.2, 0) is 20.9 Å². The Balaban J connectivity index is 1.40. The van der Waals surface area contributed by atoms with Gasteiger partial charge < -0.3 is 20.3 Å². The van der Waals surface area contributed by atoms with Crippen LogP contribution in [0.3, 0.4) is 0 Å². The molecule has 4 aliphatic heterocycles. The standard InChI is InChI=1S/C18H23N5O3/c1-2-7-22-10-18-5-4-12(26-18)13(14(18)17(22)25)16(24)21-11-9-20-23-8-3-6-19-15(11)23/h4-5,9,12-14,19H,2-3,6-8,10H2,1H3,(H,21,24)/t12-,13-,14+,18-/m0/s1. The van der Waals surface area contributed by atoms with Gasteiger partial charge in [-0.2, -0.15) is 5.10 Å². The monoisotopic (exact) mass is 357 g/mol. The molecule has 1 aromatic heterocycles. The van der Waals surface area contributed by atoms with E-state index >= 15 is 0 Å². The van der Waals surface area contributed by atoms with Crippen LogP contribution in [0.4, 0.5) is 11.5 Å². The average molecular weight is 357 g/mol. The normalized spacial score (nSPS) is 34.0. The first-order valence-corrected chi connectivity index (χ1v) is 9.39. The molecule has 1 spiro atoms. The molecule has 1 aromatic rings. The van der Waals surface area contributed by atoms with Gasteiger partial charge in [-0.1, -0.05) is 19.1 Å². The van der Waals surface area contributed by atoms with Crippen molar-refractivity contribution in [3.63, 3.8) is 0 Å². The fourth-order valence-corrected chi connectivity index (χ4v) is 4.82. The lowest BCUT2D eigenvalue weighted by molar-refractivity contribution is -0.135. The highest BCUT2D eigenvalue weighted by Crippen LogP contribution is 2.52. The topological polar surface area (TPSA) is 88.5 Å². The van der Waals surface area contributed by atoms with Gasteiger partial charge in [0.25, 0.3) is 0 Å². The average Bonchev–Trinajstić information content (AvgIpc) is 3.37. The number of rotatable bonds is 4. The van der Waals surface area contributed by atoms with Gasteiger partial charge in [-0.15, -0.1) is 0 Å². The van der Waals surface area contributed by atoms with Crippen LogP contribution in [0.25, 0.3) is 0 Å². The largest absolute Gasteiger partial charge is 0.368 e. The molecule has 0 aromatic carbocycles. The van der Waals surface area contributed by atoms with Gasteiger partial charge in [0.05, 0.1) is 30.7 Å². The molecule has 2 amide bonds. The summed E-state index contributed by atoms with van der Waals surface area (Å²) in [5.41, 5.74) is 0.0432. The van der Waals surface area contributed by atoms with Crippen molar-refractivity contribution >= 4 is 23.3 Å². The second-order valence-corrected chi connectivity index (χ2v) is 7.56. The number of aromatic nitrogens is 2. The van der Waals surface area contributed by atoms with Crippen LogP contribution >= 0.6 is 0 Å². The van der Waals surface area contributed by atoms with E-state index < -0.39 is 17.4 Å². The number of amides is 2. The number of aryl methyl sites for hydroxylation is 1. The van der Waals surface area contributed by atoms with Crippen LogP contribution in [-0.4, -0.2) is 57.8 Å². The molecular weight excluding hydrogens is 334 g/mol. The maximum Gasteiger partial charge on any atom is 0.231 e. The summed E-state index contributed by atoms with van der Waals surface area (Å²) in [6.45, 7) is 5.00.